The van der Waals surface area contributed by atoms with Crippen molar-refractivity contribution in [1.82, 2.24) is 4.90 Å². The van der Waals surface area contributed by atoms with Crippen molar-refractivity contribution in [1.29, 1.82) is 0 Å². The molecule has 1 atom stereocenters. The zero-order valence-corrected chi connectivity index (χ0v) is 14.5. The van der Waals surface area contributed by atoms with E-state index in [1.165, 1.54) is 0 Å². The maximum atomic E-state index is 11.4. The minimum atomic E-state index is -0.880. The van der Waals surface area contributed by atoms with Crippen molar-refractivity contribution in [2.45, 2.75) is 6.10 Å². The molecule has 0 saturated carbocycles. The normalized spacial score (nSPS) is 20.0. The summed E-state index contributed by atoms with van der Waals surface area (Å²) in [5.74, 6) is 0.728. The number of carboxylic acids is 1. The monoisotopic (exact) mass is 354 g/mol. The number of anilines is 1. The highest BCUT2D eigenvalue weighted by Gasteiger charge is 2.26. The maximum Gasteiger partial charge on any atom is 0.337 e. The van der Waals surface area contributed by atoms with Crippen molar-refractivity contribution >= 4 is 11.7 Å². The Morgan fingerprint density at radius 3 is 2.46 bits per heavy atom. The molecule has 2 aliphatic rings. The molecule has 1 N–H and O–H groups in total. The van der Waals surface area contributed by atoms with Crippen LogP contribution in [0.1, 0.15) is 10.4 Å². The van der Waals surface area contributed by atoms with Crippen molar-refractivity contribution in [3.05, 3.63) is 54.1 Å². The van der Waals surface area contributed by atoms with E-state index in [0.29, 0.717) is 12.2 Å². The Balaban J connectivity index is 1.34. The lowest BCUT2D eigenvalue weighted by molar-refractivity contribution is 0.0571. The summed E-state index contributed by atoms with van der Waals surface area (Å²) in [6, 6.07) is 14.9. The maximum absolute atomic E-state index is 11.4. The zero-order chi connectivity index (χ0) is 17.9. The third-order valence-electron chi connectivity index (χ3n) is 4.88. The highest BCUT2D eigenvalue weighted by Crippen LogP contribution is 2.31. The van der Waals surface area contributed by atoms with Gasteiger partial charge in [0.1, 0.15) is 12.7 Å². The van der Waals surface area contributed by atoms with E-state index in [-0.39, 0.29) is 6.10 Å². The van der Waals surface area contributed by atoms with Crippen LogP contribution in [0.25, 0.3) is 0 Å². The highest BCUT2D eigenvalue weighted by atomic mass is 16.6. The molecule has 1 saturated heterocycles. The fraction of sp³-hybridized carbons (Fsp3) is 0.350. The van der Waals surface area contributed by atoms with Crippen molar-refractivity contribution in [3.63, 3.8) is 0 Å². The second-order valence-corrected chi connectivity index (χ2v) is 6.61. The highest BCUT2D eigenvalue weighted by molar-refractivity contribution is 5.94. The van der Waals surface area contributed by atoms with Gasteiger partial charge >= 0.3 is 5.97 Å². The summed E-state index contributed by atoms with van der Waals surface area (Å²) >= 11 is 0. The van der Waals surface area contributed by atoms with E-state index in [1.807, 2.05) is 36.4 Å². The van der Waals surface area contributed by atoms with Gasteiger partial charge in [0.05, 0.1) is 11.3 Å². The quantitative estimate of drug-likeness (QED) is 0.909. The number of benzene rings is 2. The molecular formula is C20H22N2O4. The Morgan fingerprint density at radius 2 is 1.69 bits per heavy atom. The number of rotatable bonds is 4. The fourth-order valence-electron chi connectivity index (χ4n) is 3.54. The van der Waals surface area contributed by atoms with Gasteiger partial charge in [0.15, 0.2) is 11.5 Å². The molecule has 0 aliphatic carbocycles. The Hall–Kier alpha value is -2.73. The molecule has 136 valence electrons. The largest absolute Gasteiger partial charge is 0.486 e. The summed E-state index contributed by atoms with van der Waals surface area (Å²) in [6.45, 7) is 4.70. The topological polar surface area (TPSA) is 62.2 Å². The van der Waals surface area contributed by atoms with Crippen LogP contribution in [0.5, 0.6) is 11.5 Å². The number of fused-ring (bicyclic) bond motifs is 1. The number of hydrogen-bond donors (Lipinski definition) is 1. The molecule has 0 amide bonds. The molecule has 0 bridgehead atoms. The van der Waals surface area contributed by atoms with Crippen LogP contribution in [-0.2, 0) is 0 Å². The van der Waals surface area contributed by atoms with Gasteiger partial charge in [-0.2, -0.15) is 0 Å². The van der Waals surface area contributed by atoms with Gasteiger partial charge in [0.2, 0.25) is 0 Å². The number of ether oxygens (including phenoxy) is 2. The molecule has 6 heteroatoms. The predicted molar refractivity (Wildman–Crippen MR) is 98.4 cm³/mol. The van der Waals surface area contributed by atoms with Crippen LogP contribution in [0, 0.1) is 0 Å². The summed E-state index contributed by atoms with van der Waals surface area (Å²) in [5, 5.41) is 9.38. The Labute approximate surface area is 152 Å². The molecule has 1 unspecified atom stereocenters. The van der Waals surface area contributed by atoms with Gasteiger partial charge in [-0.15, -0.1) is 0 Å². The van der Waals surface area contributed by atoms with Gasteiger partial charge in [-0.1, -0.05) is 24.3 Å². The van der Waals surface area contributed by atoms with E-state index in [0.717, 1.165) is 49.9 Å². The lowest BCUT2D eigenvalue weighted by Gasteiger charge is -2.38. The van der Waals surface area contributed by atoms with Crippen LogP contribution in [0.15, 0.2) is 48.5 Å². The minimum absolute atomic E-state index is 0.0164. The molecule has 4 rings (SSSR count). The van der Waals surface area contributed by atoms with E-state index in [1.54, 1.807) is 12.1 Å². The molecule has 0 spiro atoms. The molecule has 0 radical (unpaired) electrons. The smallest absolute Gasteiger partial charge is 0.337 e. The number of piperazine rings is 1. The van der Waals surface area contributed by atoms with E-state index < -0.39 is 5.97 Å². The fourth-order valence-corrected chi connectivity index (χ4v) is 3.54. The van der Waals surface area contributed by atoms with Gasteiger partial charge in [0.25, 0.3) is 0 Å². The van der Waals surface area contributed by atoms with Gasteiger partial charge in [-0.3, -0.25) is 4.90 Å². The lowest BCUT2D eigenvalue weighted by Crippen LogP contribution is -2.51. The molecule has 2 heterocycles. The molecule has 26 heavy (non-hydrogen) atoms. The van der Waals surface area contributed by atoms with Gasteiger partial charge in [-0.05, 0) is 24.3 Å². The summed E-state index contributed by atoms with van der Waals surface area (Å²) in [7, 11) is 0. The molecule has 2 aromatic carbocycles. The average molecular weight is 354 g/mol. The number of para-hydroxylation sites is 3. The molecule has 2 aliphatic heterocycles. The molecular weight excluding hydrogens is 332 g/mol. The standard InChI is InChI=1S/C20H22N2O4/c23-20(24)16-5-1-2-6-17(16)22-11-9-21(10-12-22)13-15-14-25-18-7-3-4-8-19(18)26-15/h1-8,15H,9-14H2,(H,23,24). The van der Waals surface area contributed by atoms with Crippen molar-refractivity contribution in [3.8, 4) is 11.5 Å². The first-order valence-corrected chi connectivity index (χ1v) is 8.89. The van der Waals surface area contributed by atoms with Crippen LogP contribution in [0.3, 0.4) is 0 Å². The van der Waals surface area contributed by atoms with Gasteiger partial charge in [0, 0.05) is 32.7 Å². The zero-order valence-electron chi connectivity index (χ0n) is 14.5. The first-order valence-electron chi connectivity index (χ1n) is 8.89. The summed E-state index contributed by atoms with van der Waals surface area (Å²) in [6.07, 6.45) is 0.0164. The number of aromatic carboxylic acids is 1. The second-order valence-electron chi connectivity index (χ2n) is 6.61. The van der Waals surface area contributed by atoms with Crippen LogP contribution in [0.4, 0.5) is 5.69 Å². The minimum Gasteiger partial charge on any atom is -0.486 e. The molecule has 2 aromatic rings. The number of carbonyl (C=O) groups is 1. The van der Waals surface area contributed by atoms with Crippen LogP contribution in [-0.4, -0.2) is 61.4 Å². The van der Waals surface area contributed by atoms with E-state index in [2.05, 4.69) is 9.80 Å². The van der Waals surface area contributed by atoms with Gasteiger partial charge in [-0.25, -0.2) is 4.79 Å². The summed E-state index contributed by atoms with van der Waals surface area (Å²) in [4.78, 5) is 15.9. The van der Waals surface area contributed by atoms with Crippen LogP contribution in [0.2, 0.25) is 0 Å². The van der Waals surface area contributed by atoms with E-state index in [9.17, 15) is 9.90 Å². The van der Waals surface area contributed by atoms with Crippen molar-refractivity contribution < 1.29 is 19.4 Å². The molecule has 6 nitrogen and oxygen atoms in total. The predicted octanol–water partition coefficient (Wildman–Crippen LogP) is 2.35. The third kappa shape index (κ3) is 3.46. The Morgan fingerprint density at radius 1 is 1.00 bits per heavy atom. The molecule has 0 aromatic heterocycles. The van der Waals surface area contributed by atoms with Crippen LogP contribution < -0.4 is 14.4 Å². The number of nitrogens with zero attached hydrogens (tertiary/aromatic N) is 2. The number of hydrogen-bond acceptors (Lipinski definition) is 5. The molecule has 1 fully saturated rings. The van der Waals surface area contributed by atoms with E-state index in [4.69, 9.17) is 9.47 Å². The van der Waals surface area contributed by atoms with Crippen molar-refractivity contribution in [2.75, 3.05) is 44.2 Å². The average Bonchev–Trinajstić information content (AvgIpc) is 2.68. The summed E-state index contributed by atoms with van der Waals surface area (Å²) in [5.41, 5.74) is 1.16. The second kappa shape index (κ2) is 7.25. The Bertz CT molecular complexity index is 787. The summed E-state index contributed by atoms with van der Waals surface area (Å²) < 4.78 is 11.8. The first kappa shape index (κ1) is 16.7. The SMILES string of the molecule is O=C(O)c1ccccc1N1CCN(CC2COc3ccccc3O2)CC1. The van der Waals surface area contributed by atoms with E-state index >= 15 is 0 Å². The van der Waals surface area contributed by atoms with Crippen LogP contribution >= 0.6 is 0 Å². The Kier molecular flexibility index (Phi) is 4.67. The van der Waals surface area contributed by atoms with Crippen molar-refractivity contribution in [2.24, 2.45) is 0 Å². The lowest BCUT2D eigenvalue weighted by atomic mass is 10.1. The third-order valence-corrected chi connectivity index (χ3v) is 4.88. The van der Waals surface area contributed by atoms with Gasteiger partial charge < -0.3 is 19.5 Å². The number of carboxylic acid groups (broad SMARTS) is 1. The first-order chi connectivity index (χ1) is 12.7.